The van der Waals surface area contributed by atoms with Gasteiger partial charge < -0.3 is 10.1 Å². The van der Waals surface area contributed by atoms with E-state index in [-0.39, 0.29) is 18.1 Å². The van der Waals surface area contributed by atoms with Crippen LogP contribution in [0.25, 0.3) is 0 Å². The number of fused-ring (bicyclic) bond motifs is 1. The maximum absolute atomic E-state index is 12.4. The van der Waals surface area contributed by atoms with E-state index in [1.54, 1.807) is 16.8 Å². The molecule has 146 valence electrons. The molecule has 10 heteroatoms. The molecule has 0 bridgehead atoms. The molecule has 0 saturated heterocycles. The van der Waals surface area contributed by atoms with Crippen molar-refractivity contribution in [3.05, 3.63) is 39.5 Å². The highest BCUT2D eigenvalue weighted by atomic mass is 35.5. The average Bonchev–Trinajstić information content (AvgIpc) is 2.99. The van der Waals surface area contributed by atoms with Gasteiger partial charge in [0, 0.05) is 10.6 Å². The largest absolute Gasteiger partial charge is 0.482 e. The number of hydrogen-bond donors (Lipinski definition) is 1. The predicted octanol–water partition coefficient (Wildman–Crippen LogP) is 3.39. The number of amides is 1. The molecule has 1 amide bonds. The Hall–Kier alpha value is -1.77. The number of aromatic nitrogens is 2. The molecule has 1 aliphatic heterocycles. The van der Waals surface area contributed by atoms with Gasteiger partial charge >= 0.3 is 0 Å². The first kappa shape index (κ1) is 20.0. The molecule has 0 saturated carbocycles. The van der Waals surface area contributed by atoms with E-state index in [9.17, 15) is 13.2 Å². The fraction of sp³-hybridized carbons (Fsp3) is 0.412. The first-order valence-corrected chi connectivity index (χ1v) is 10.7. The lowest BCUT2D eigenvalue weighted by molar-refractivity contribution is -0.118. The van der Waals surface area contributed by atoms with E-state index in [0.29, 0.717) is 32.9 Å². The Morgan fingerprint density at radius 2 is 2.00 bits per heavy atom. The zero-order chi connectivity index (χ0) is 20.0. The monoisotopic (exact) mass is 431 g/mol. The summed E-state index contributed by atoms with van der Waals surface area (Å²) in [4.78, 5) is 12.4. The SMILES string of the molecule is CC(C)(C)n1nc2c(c1NC(=O)COc1ccc(Cl)cc1Cl)CS(=O)(=O)C2. The number of nitrogens with zero attached hydrogens (tertiary/aromatic N) is 2. The molecule has 27 heavy (non-hydrogen) atoms. The highest BCUT2D eigenvalue weighted by Crippen LogP contribution is 2.34. The van der Waals surface area contributed by atoms with E-state index in [1.807, 2.05) is 20.8 Å². The van der Waals surface area contributed by atoms with Crippen LogP contribution in [0.2, 0.25) is 10.0 Å². The van der Waals surface area contributed by atoms with Crippen molar-refractivity contribution in [2.24, 2.45) is 0 Å². The second-order valence-corrected chi connectivity index (χ2v) is 10.2. The standard InChI is InChI=1S/C17H19Cl2N3O4S/c1-17(2,3)22-16(11-8-27(24,25)9-13(11)21-22)20-15(23)7-26-14-5-4-10(18)6-12(14)19/h4-6H,7-9H2,1-3H3,(H,20,23). The van der Waals surface area contributed by atoms with Crippen LogP contribution in [0.3, 0.4) is 0 Å². The zero-order valence-electron chi connectivity index (χ0n) is 15.0. The molecule has 0 radical (unpaired) electrons. The third-order valence-corrected chi connectivity index (χ3v) is 5.91. The Bertz CT molecular complexity index is 1010. The summed E-state index contributed by atoms with van der Waals surface area (Å²) >= 11 is 11.9. The Morgan fingerprint density at radius 1 is 1.30 bits per heavy atom. The summed E-state index contributed by atoms with van der Waals surface area (Å²) < 4.78 is 30.9. The predicted molar refractivity (Wildman–Crippen MR) is 104 cm³/mol. The fourth-order valence-electron chi connectivity index (χ4n) is 2.76. The van der Waals surface area contributed by atoms with Crippen LogP contribution in [0.15, 0.2) is 18.2 Å². The number of nitrogens with one attached hydrogen (secondary N) is 1. The third kappa shape index (κ3) is 4.39. The van der Waals surface area contributed by atoms with Gasteiger partial charge in [0.25, 0.3) is 5.91 Å². The van der Waals surface area contributed by atoms with Crippen LogP contribution in [0.1, 0.15) is 32.0 Å². The molecule has 2 aromatic rings. The summed E-state index contributed by atoms with van der Waals surface area (Å²) in [5.74, 6) is 0.00419. The van der Waals surface area contributed by atoms with Crippen molar-refractivity contribution >= 4 is 44.8 Å². The van der Waals surface area contributed by atoms with Gasteiger partial charge in [0.1, 0.15) is 11.6 Å². The summed E-state index contributed by atoms with van der Waals surface area (Å²) in [5, 5.41) is 7.89. The zero-order valence-corrected chi connectivity index (χ0v) is 17.4. The van der Waals surface area contributed by atoms with Crippen molar-refractivity contribution < 1.29 is 17.9 Å². The molecule has 1 aromatic heterocycles. The highest BCUT2D eigenvalue weighted by Gasteiger charge is 2.35. The Morgan fingerprint density at radius 3 is 2.63 bits per heavy atom. The minimum atomic E-state index is -3.24. The first-order valence-electron chi connectivity index (χ1n) is 8.16. The van der Waals surface area contributed by atoms with Crippen molar-refractivity contribution in [3.8, 4) is 5.75 Å². The topological polar surface area (TPSA) is 90.3 Å². The summed E-state index contributed by atoms with van der Waals surface area (Å²) in [6.45, 7) is 5.47. The number of carbonyl (C=O) groups is 1. The minimum Gasteiger partial charge on any atom is -0.482 e. The van der Waals surface area contributed by atoms with Crippen LogP contribution in [-0.2, 0) is 31.7 Å². The third-order valence-electron chi connectivity index (χ3n) is 3.93. The van der Waals surface area contributed by atoms with Crippen LogP contribution >= 0.6 is 23.2 Å². The van der Waals surface area contributed by atoms with Gasteiger partial charge in [0.2, 0.25) is 0 Å². The Kier molecular flexibility index (Phi) is 5.18. The molecule has 0 unspecified atom stereocenters. The Labute approximate surface area is 167 Å². The van der Waals surface area contributed by atoms with Crippen LogP contribution in [-0.4, -0.2) is 30.7 Å². The van der Waals surface area contributed by atoms with Gasteiger partial charge in [-0.15, -0.1) is 0 Å². The van der Waals surface area contributed by atoms with Crippen molar-refractivity contribution in [2.75, 3.05) is 11.9 Å². The Balaban J connectivity index is 1.79. The van der Waals surface area contributed by atoms with Crippen molar-refractivity contribution in [2.45, 2.75) is 37.8 Å². The number of ether oxygens (including phenoxy) is 1. The molecule has 1 aliphatic rings. The normalized spacial score (nSPS) is 15.4. The lowest BCUT2D eigenvalue weighted by Crippen LogP contribution is -2.29. The van der Waals surface area contributed by atoms with Crippen LogP contribution in [0, 0.1) is 0 Å². The number of sulfone groups is 1. The fourth-order valence-corrected chi connectivity index (χ4v) is 4.72. The van der Waals surface area contributed by atoms with Gasteiger partial charge in [-0.2, -0.15) is 5.10 Å². The minimum absolute atomic E-state index is 0.120. The second kappa shape index (κ2) is 7.00. The molecular weight excluding hydrogens is 413 g/mol. The average molecular weight is 432 g/mol. The van der Waals surface area contributed by atoms with Crippen LogP contribution in [0.5, 0.6) is 5.75 Å². The van der Waals surface area contributed by atoms with Gasteiger partial charge in [-0.05, 0) is 39.0 Å². The lowest BCUT2D eigenvalue weighted by atomic mass is 10.1. The smallest absolute Gasteiger partial charge is 0.263 e. The molecule has 0 fully saturated rings. The van der Waals surface area contributed by atoms with E-state index >= 15 is 0 Å². The molecule has 1 N–H and O–H groups in total. The van der Waals surface area contributed by atoms with Crippen molar-refractivity contribution in [1.29, 1.82) is 0 Å². The molecule has 1 aromatic carbocycles. The van der Waals surface area contributed by atoms with Gasteiger partial charge in [0.05, 0.1) is 27.8 Å². The molecule has 7 nitrogen and oxygen atoms in total. The summed E-state index contributed by atoms with van der Waals surface area (Å²) in [5.41, 5.74) is 0.571. The number of hydrogen-bond acceptors (Lipinski definition) is 5. The molecule has 2 heterocycles. The maximum atomic E-state index is 12.4. The maximum Gasteiger partial charge on any atom is 0.263 e. The van der Waals surface area contributed by atoms with Crippen molar-refractivity contribution in [3.63, 3.8) is 0 Å². The molecule has 3 rings (SSSR count). The summed E-state index contributed by atoms with van der Waals surface area (Å²) in [7, 11) is -3.24. The van der Waals surface area contributed by atoms with Gasteiger partial charge in [-0.3, -0.25) is 4.79 Å². The van der Waals surface area contributed by atoms with E-state index in [2.05, 4.69) is 10.4 Å². The summed E-state index contributed by atoms with van der Waals surface area (Å²) in [6, 6.07) is 4.69. The molecular formula is C17H19Cl2N3O4S. The van der Waals surface area contributed by atoms with E-state index in [0.717, 1.165) is 0 Å². The van der Waals surface area contributed by atoms with E-state index in [1.165, 1.54) is 6.07 Å². The van der Waals surface area contributed by atoms with Crippen molar-refractivity contribution in [1.82, 2.24) is 9.78 Å². The number of benzene rings is 1. The number of rotatable bonds is 4. The van der Waals surface area contributed by atoms with Crippen LogP contribution in [0.4, 0.5) is 5.82 Å². The quantitative estimate of drug-likeness (QED) is 0.800. The van der Waals surface area contributed by atoms with Gasteiger partial charge in [-0.25, -0.2) is 13.1 Å². The number of anilines is 1. The molecule has 0 aliphatic carbocycles. The first-order chi connectivity index (χ1) is 12.5. The van der Waals surface area contributed by atoms with Crippen LogP contribution < -0.4 is 10.1 Å². The molecule has 0 atom stereocenters. The number of halogens is 2. The second-order valence-electron chi connectivity index (χ2n) is 7.30. The van der Waals surface area contributed by atoms with E-state index in [4.69, 9.17) is 27.9 Å². The number of carbonyl (C=O) groups excluding carboxylic acids is 1. The lowest BCUT2D eigenvalue weighted by Gasteiger charge is -2.23. The highest BCUT2D eigenvalue weighted by molar-refractivity contribution is 7.90. The van der Waals surface area contributed by atoms with Gasteiger partial charge in [-0.1, -0.05) is 23.2 Å². The van der Waals surface area contributed by atoms with Gasteiger partial charge in [0.15, 0.2) is 16.4 Å². The van der Waals surface area contributed by atoms with E-state index < -0.39 is 21.3 Å². The summed E-state index contributed by atoms with van der Waals surface area (Å²) in [6.07, 6.45) is 0. The molecule has 0 spiro atoms.